The number of aliphatic hydroxyl groups is 1. The average molecular weight is 190 g/mol. The smallest absolute Gasteiger partial charge is 0.162 e. The lowest BCUT2D eigenvalue weighted by Crippen LogP contribution is -2.39. The van der Waals surface area contributed by atoms with Crippen LogP contribution in [0.4, 0.5) is 0 Å². The van der Waals surface area contributed by atoms with Crippen LogP contribution >= 0.6 is 0 Å². The maximum atomic E-state index is 11.5. The van der Waals surface area contributed by atoms with Gasteiger partial charge in [-0.1, -0.05) is 31.2 Å². The molecule has 0 aromatic carbocycles. The van der Waals surface area contributed by atoms with E-state index < -0.39 is 6.10 Å². The van der Waals surface area contributed by atoms with Crippen LogP contribution in [0.5, 0.6) is 0 Å². The summed E-state index contributed by atoms with van der Waals surface area (Å²) in [5.41, 5.74) is 0.627. The summed E-state index contributed by atoms with van der Waals surface area (Å²) >= 11 is 0. The third kappa shape index (κ3) is 1.11. The van der Waals surface area contributed by atoms with Crippen molar-refractivity contribution in [2.75, 3.05) is 0 Å². The summed E-state index contributed by atoms with van der Waals surface area (Å²) in [4.78, 5) is 11.5. The van der Waals surface area contributed by atoms with Gasteiger partial charge in [0, 0.05) is 11.3 Å². The molecule has 2 aliphatic carbocycles. The zero-order valence-electron chi connectivity index (χ0n) is 8.40. The predicted molar refractivity (Wildman–Crippen MR) is 54.6 cm³/mol. The Labute approximate surface area is 83.6 Å². The molecule has 2 heteroatoms. The maximum Gasteiger partial charge on any atom is 0.162 e. The molecule has 3 atom stereocenters. The van der Waals surface area contributed by atoms with Crippen LogP contribution in [0.2, 0.25) is 0 Å². The van der Waals surface area contributed by atoms with Gasteiger partial charge in [0.1, 0.15) is 0 Å². The SMILES string of the molecule is CC1C(=O)C=CC2(C)C1=CC=CC2O. The molecular weight excluding hydrogens is 176 g/mol. The minimum absolute atomic E-state index is 0.107. The van der Waals surface area contributed by atoms with Crippen molar-refractivity contribution in [2.45, 2.75) is 20.0 Å². The zero-order chi connectivity index (χ0) is 10.3. The molecule has 0 aromatic heterocycles. The molecule has 0 aromatic rings. The largest absolute Gasteiger partial charge is 0.388 e. The molecule has 0 heterocycles. The molecule has 74 valence electrons. The molecule has 0 saturated heterocycles. The summed E-state index contributed by atoms with van der Waals surface area (Å²) in [6.45, 7) is 3.86. The van der Waals surface area contributed by atoms with Gasteiger partial charge in [-0.15, -0.1) is 0 Å². The van der Waals surface area contributed by atoms with Gasteiger partial charge >= 0.3 is 0 Å². The van der Waals surface area contributed by atoms with Crippen molar-refractivity contribution in [1.82, 2.24) is 0 Å². The summed E-state index contributed by atoms with van der Waals surface area (Å²) in [5, 5.41) is 9.88. The molecule has 2 aliphatic rings. The van der Waals surface area contributed by atoms with Crippen LogP contribution in [0.15, 0.2) is 36.0 Å². The number of carbonyl (C=O) groups is 1. The minimum atomic E-state index is -0.519. The van der Waals surface area contributed by atoms with E-state index in [2.05, 4.69) is 0 Å². The molecule has 0 fully saturated rings. The first-order valence-corrected chi connectivity index (χ1v) is 4.86. The summed E-state index contributed by atoms with van der Waals surface area (Å²) in [7, 11) is 0. The number of rotatable bonds is 0. The Hall–Kier alpha value is -1.15. The fraction of sp³-hybridized carbons (Fsp3) is 0.417. The van der Waals surface area contributed by atoms with Crippen LogP contribution < -0.4 is 0 Å². The fourth-order valence-corrected chi connectivity index (χ4v) is 2.17. The Morgan fingerprint density at radius 1 is 1.50 bits per heavy atom. The number of hydrogen-bond donors (Lipinski definition) is 1. The van der Waals surface area contributed by atoms with E-state index in [9.17, 15) is 9.90 Å². The standard InChI is InChI=1S/C12H14O2/c1-8-9-4-3-5-11(14)12(9,2)7-6-10(8)13/h3-8,11,14H,1-2H3. The van der Waals surface area contributed by atoms with Crippen LogP contribution in [0, 0.1) is 11.3 Å². The third-order valence-electron chi connectivity index (χ3n) is 3.29. The van der Waals surface area contributed by atoms with Crippen molar-refractivity contribution in [1.29, 1.82) is 0 Å². The first kappa shape index (κ1) is 9.41. The minimum Gasteiger partial charge on any atom is -0.388 e. The van der Waals surface area contributed by atoms with E-state index in [0.717, 1.165) is 5.57 Å². The van der Waals surface area contributed by atoms with Crippen molar-refractivity contribution >= 4 is 5.78 Å². The van der Waals surface area contributed by atoms with Gasteiger partial charge in [-0.3, -0.25) is 4.79 Å². The second kappa shape index (κ2) is 2.92. The number of ketones is 1. The lowest BCUT2D eigenvalue weighted by Gasteiger charge is -2.39. The molecule has 0 spiro atoms. The molecule has 2 nitrogen and oxygen atoms in total. The van der Waals surface area contributed by atoms with Crippen LogP contribution in [-0.2, 0) is 4.79 Å². The van der Waals surface area contributed by atoms with Crippen LogP contribution in [-0.4, -0.2) is 17.0 Å². The van der Waals surface area contributed by atoms with Crippen LogP contribution in [0.1, 0.15) is 13.8 Å². The van der Waals surface area contributed by atoms with Crippen molar-refractivity contribution in [3.8, 4) is 0 Å². The van der Waals surface area contributed by atoms with E-state index in [-0.39, 0.29) is 17.1 Å². The van der Waals surface area contributed by atoms with Crippen molar-refractivity contribution < 1.29 is 9.90 Å². The zero-order valence-corrected chi connectivity index (χ0v) is 8.40. The molecule has 0 radical (unpaired) electrons. The van der Waals surface area contributed by atoms with Crippen molar-refractivity contribution in [3.05, 3.63) is 36.0 Å². The Kier molecular flexibility index (Phi) is 1.96. The van der Waals surface area contributed by atoms with Gasteiger partial charge in [0.05, 0.1) is 6.10 Å². The highest BCUT2D eigenvalue weighted by Crippen LogP contribution is 2.43. The summed E-state index contributed by atoms with van der Waals surface area (Å²) in [6.07, 6.45) is 8.41. The van der Waals surface area contributed by atoms with E-state index >= 15 is 0 Å². The van der Waals surface area contributed by atoms with Crippen molar-refractivity contribution in [2.24, 2.45) is 11.3 Å². The van der Waals surface area contributed by atoms with Gasteiger partial charge in [0.15, 0.2) is 5.78 Å². The second-order valence-electron chi connectivity index (χ2n) is 4.19. The van der Waals surface area contributed by atoms with Gasteiger partial charge in [-0.2, -0.15) is 0 Å². The Balaban J connectivity index is 2.53. The summed E-state index contributed by atoms with van der Waals surface area (Å²) in [5.74, 6) is 0.0147. The molecule has 0 bridgehead atoms. The number of hydrogen-bond acceptors (Lipinski definition) is 2. The maximum absolute atomic E-state index is 11.5. The van der Waals surface area contributed by atoms with E-state index in [1.807, 2.05) is 32.1 Å². The predicted octanol–water partition coefficient (Wildman–Crippen LogP) is 1.62. The fourth-order valence-electron chi connectivity index (χ4n) is 2.17. The van der Waals surface area contributed by atoms with Crippen LogP contribution in [0.25, 0.3) is 0 Å². The molecule has 1 N–H and O–H groups in total. The molecular formula is C12H14O2. The lowest BCUT2D eigenvalue weighted by molar-refractivity contribution is -0.117. The number of allylic oxidation sites excluding steroid dienone is 3. The molecule has 0 saturated carbocycles. The Morgan fingerprint density at radius 3 is 2.93 bits per heavy atom. The molecule has 2 rings (SSSR count). The number of carbonyl (C=O) groups excluding carboxylic acids is 1. The second-order valence-corrected chi connectivity index (χ2v) is 4.19. The average Bonchev–Trinajstić information content (AvgIpc) is 2.16. The third-order valence-corrected chi connectivity index (χ3v) is 3.29. The highest BCUT2D eigenvalue weighted by molar-refractivity contribution is 5.95. The van der Waals surface area contributed by atoms with E-state index in [1.165, 1.54) is 0 Å². The van der Waals surface area contributed by atoms with Gasteiger partial charge < -0.3 is 5.11 Å². The Bertz CT molecular complexity index is 363. The van der Waals surface area contributed by atoms with E-state index in [4.69, 9.17) is 0 Å². The van der Waals surface area contributed by atoms with E-state index in [0.29, 0.717) is 0 Å². The van der Waals surface area contributed by atoms with Gasteiger partial charge in [0.25, 0.3) is 0 Å². The quantitative estimate of drug-likeness (QED) is 0.630. The first-order chi connectivity index (χ1) is 6.55. The first-order valence-electron chi connectivity index (χ1n) is 4.86. The highest BCUT2D eigenvalue weighted by atomic mass is 16.3. The lowest BCUT2D eigenvalue weighted by atomic mass is 9.66. The molecule has 0 amide bonds. The van der Waals surface area contributed by atoms with Crippen LogP contribution in [0.3, 0.4) is 0 Å². The Morgan fingerprint density at radius 2 is 2.21 bits per heavy atom. The van der Waals surface area contributed by atoms with Gasteiger partial charge in [-0.25, -0.2) is 0 Å². The molecule has 3 unspecified atom stereocenters. The van der Waals surface area contributed by atoms with Gasteiger partial charge in [-0.05, 0) is 18.6 Å². The monoisotopic (exact) mass is 190 g/mol. The molecule has 14 heavy (non-hydrogen) atoms. The summed E-state index contributed by atoms with van der Waals surface area (Å²) in [6, 6.07) is 0. The summed E-state index contributed by atoms with van der Waals surface area (Å²) < 4.78 is 0. The van der Waals surface area contributed by atoms with Crippen molar-refractivity contribution in [3.63, 3.8) is 0 Å². The van der Waals surface area contributed by atoms with E-state index in [1.54, 1.807) is 12.2 Å². The highest BCUT2D eigenvalue weighted by Gasteiger charge is 2.41. The number of fused-ring (bicyclic) bond motifs is 1. The number of aliphatic hydroxyl groups excluding tert-OH is 1. The normalized spacial score (nSPS) is 40.8. The topological polar surface area (TPSA) is 37.3 Å². The molecule has 0 aliphatic heterocycles. The van der Waals surface area contributed by atoms with Gasteiger partial charge in [0.2, 0.25) is 0 Å².